The van der Waals surface area contributed by atoms with Crippen LogP contribution in [-0.2, 0) is 14.4 Å². The fraction of sp³-hybridized carbons (Fsp3) is 0.227. The van der Waals surface area contributed by atoms with Gasteiger partial charge in [-0.25, -0.2) is 0 Å². The molecular formula is C22H25N3O4. The maximum Gasteiger partial charge on any atom is 0.246 e. The summed E-state index contributed by atoms with van der Waals surface area (Å²) in [5, 5.41) is 8.07. The second kappa shape index (κ2) is 10.1. The van der Waals surface area contributed by atoms with Gasteiger partial charge >= 0.3 is 0 Å². The average Bonchev–Trinajstić information content (AvgIpc) is 2.68. The molecule has 2 aromatic rings. The Bertz CT molecular complexity index is 920. The van der Waals surface area contributed by atoms with Crippen LogP contribution in [-0.4, -0.2) is 30.9 Å². The number of rotatable bonds is 7. The van der Waals surface area contributed by atoms with Crippen LogP contribution in [0.1, 0.15) is 25.0 Å². The quantitative estimate of drug-likeness (QED) is 0.628. The van der Waals surface area contributed by atoms with Crippen molar-refractivity contribution >= 4 is 35.2 Å². The van der Waals surface area contributed by atoms with E-state index in [2.05, 4.69) is 16.0 Å². The van der Waals surface area contributed by atoms with E-state index in [0.29, 0.717) is 11.4 Å². The Morgan fingerprint density at radius 2 is 1.72 bits per heavy atom. The Hall–Kier alpha value is -3.61. The molecule has 1 atom stereocenters. The summed E-state index contributed by atoms with van der Waals surface area (Å²) in [6, 6.07) is 11.7. The Morgan fingerprint density at radius 3 is 2.34 bits per heavy atom. The van der Waals surface area contributed by atoms with Crippen molar-refractivity contribution in [1.82, 2.24) is 5.32 Å². The van der Waals surface area contributed by atoms with E-state index in [1.165, 1.54) is 13.0 Å². The number of hydrogen-bond acceptors (Lipinski definition) is 4. The fourth-order valence-electron chi connectivity index (χ4n) is 2.49. The molecule has 0 fully saturated rings. The summed E-state index contributed by atoms with van der Waals surface area (Å²) in [5.41, 5.74) is 2.82. The number of anilines is 2. The van der Waals surface area contributed by atoms with E-state index in [1.807, 2.05) is 19.1 Å². The maximum atomic E-state index is 12.4. The molecule has 0 bridgehead atoms. The van der Waals surface area contributed by atoms with Crippen LogP contribution in [0.3, 0.4) is 0 Å². The van der Waals surface area contributed by atoms with Gasteiger partial charge in [0.2, 0.25) is 17.7 Å². The molecule has 0 aromatic heterocycles. The Kier molecular flexibility index (Phi) is 7.54. The van der Waals surface area contributed by atoms with Crippen molar-refractivity contribution in [2.45, 2.75) is 26.8 Å². The van der Waals surface area contributed by atoms with Crippen LogP contribution >= 0.6 is 0 Å². The molecule has 1 unspecified atom stereocenters. The Morgan fingerprint density at radius 1 is 1.03 bits per heavy atom. The predicted octanol–water partition coefficient (Wildman–Crippen LogP) is 3.12. The maximum absolute atomic E-state index is 12.4. The lowest BCUT2D eigenvalue weighted by atomic mass is 10.1. The van der Waals surface area contributed by atoms with E-state index in [-0.39, 0.29) is 17.7 Å². The molecule has 0 aliphatic carbocycles. The Labute approximate surface area is 170 Å². The lowest BCUT2D eigenvalue weighted by molar-refractivity contribution is -0.123. The molecule has 0 saturated carbocycles. The summed E-state index contributed by atoms with van der Waals surface area (Å²) in [6.45, 7) is 4.85. The van der Waals surface area contributed by atoms with Crippen LogP contribution in [0.2, 0.25) is 0 Å². The molecule has 0 spiro atoms. The van der Waals surface area contributed by atoms with E-state index >= 15 is 0 Å². The molecule has 152 valence electrons. The highest BCUT2D eigenvalue weighted by Crippen LogP contribution is 2.20. The minimum Gasteiger partial charge on any atom is -0.497 e. The number of hydrogen-bond donors (Lipinski definition) is 3. The Balaban J connectivity index is 1.95. The zero-order valence-corrected chi connectivity index (χ0v) is 16.9. The monoisotopic (exact) mass is 395 g/mol. The zero-order valence-electron chi connectivity index (χ0n) is 16.9. The molecule has 3 N–H and O–H groups in total. The number of carbonyl (C=O) groups excluding carboxylic acids is 3. The van der Waals surface area contributed by atoms with Gasteiger partial charge in [0, 0.05) is 24.4 Å². The van der Waals surface area contributed by atoms with Gasteiger partial charge in [-0.1, -0.05) is 18.2 Å². The highest BCUT2D eigenvalue weighted by atomic mass is 16.5. The van der Waals surface area contributed by atoms with E-state index in [0.717, 1.165) is 16.9 Å². The summed E-state index contributed by atoms with van der Waals surface area (Å²) in [5.74, 6) is -0.211. The van der Waals surface area contributed by atoms with E-state index in [4.69, 9.17) is 4.74 Å². The molecule has 29 heavy (non-hydrogen) atoms. The molecule has 0 aliphatic rings. The first-order valence-corrected chi connectivity index (χ1v) is 9.10. The first-order valence-electron chi connectivity index (χ1n) is 9.10. The van der Waals surface area contributed by atoms with Gasteiger partial charge in [0.25, 0.3) is 0 Å². The van der Waals surface area contributed by atoms with Gasteiger partial charge < -0.3 is 20.7 Å². The second-order valence-electron chi connectivity index (χ2n) is 6.54. The number of carbonyl (C=O) groups is 3. The normalized spacial score (nSPS) is 11.6. The number of nitrogens with one attached hydrogen (secondary N) is 3. The van der Waals surface area contributed by atoms with Crippen LogP contribution in [0.25, 0.3) is 6.08 Å². The van der Waals surface area contributed by atoms with Crippen LogP contribution in [0.5, 0.6) is 5.75 Å². The van der Waals surface area contributed by atoms with Crippen molar-refractivity contribution in [2.24, 2.45) is 0 Å². The second-order valence-corrected chi connectivity index (χ2v) is 6.54. The summed E-state index contributed by atoms with van der Waals surface area (Å²) in [4.78, 5) is 35.7. The van der Waals surface area contributed by atoms with Gasteiger partial charge in [0.1, 0.15) is 11.8 Å². The fourth-order valence-corrected chi connectivity index (χ4v) is 2.49. The number of methoxy groups -OCH3 is 1. The molecule has 7 heteroatoms. The minimum atomic E-state index is -0.744. The van der Waals surface area contributed by atoms with Crippen molar-refractivity contribution < 1.29 is 19.1 Å². The zero-order chi connectivity index (χ0) is 21.4. The van der Waals surface area contributed by atoms with Crippen molar-refractivity contribution in [2.75, 3.05) is 17.7 Å². The molecule has 2 aromatic carbocycles. The summed E-state index contributed by atoms with van der Waals surface area (Å²) in [7, 11) is 1.59. The van der Waals surface area contributed by atoms with Crippen LogP contribution in [0.4, 0.5) is 11.4 Å². The third-order valence-corrected chi connectivity index (χ3v) is 4.11. The van der Waals surface area contributed by atoms with Crippen molar-refractivity contribution in [3.8, 4) is 5.75 Å². The molecule has 7 nitrogen and oxygen atoms in total. The topological polar surface area (TPSA) is 96.5 Å². The summed E-state index contributed by atoms with van der Waals surface area (Å²) >= 11 is 0. The summed E-state index contributed by atoms with van der Waals surface area (Å²) < 4.78 is 5.09. The van der Waals surface area contributed by atoms with Crippen molar-refractivity contribution in [1.29, 1.82) is 0 Å². The van der Waals surface area contributed by atoms with Crippen LogP contribution in [0, 0.1) is 6.92 Å². The third-order valence-electron chi connectivity index (χ3n) is 4.11. The molecule has 0 radical (unpaired) electrons. The van der Waals surface area contributed by atoms with E-state index in [1.54, 1.807) is 50.4 Å². The number of ether oxygens (including phenoxy) is 1. The minimum absolute atomic E-state index is 0.199. The van der Waals surface area contributed by atoms with Crippen molar-refractivity contribution in [3.05, 3.63) is 59.7 Å². The smallest absolute Gasteiger partial charge is 0.246 e. The molecular weight excluding hydrogens is 370 g/mol. The first kappa shape index (κ1) is 21.7. The average molecular weight is 395 g/mol. The van der Waals surface area contributed by atoms with Crippen molar-refractivity contribution in [3.63, 3.8) is 0 Å². The van der Waals surface area contributed by atoms with Crippen LogP contribution in [0.15, 0.2) is 48.5 Å². The number of aryl methyl sites for hydroxylation is 1. The van der Waals surface area contributed by atoms with Gasteiger partial charge in [-0.15, -0.1) is 0 Å². The molecule has 0 aliphatic heterocycles. The third kappa shape index (κ3) is 6.80. The van der Waals surface area contributed by atoms with E-state index < -0.39 is 6.04 Å². The lowest BCUT2D eigenvalue weighted by Gasteiger charge is -2.15. The van der Waals surface area contributed by atoms with Gasteiger partial charge in [-0.05, 0) is 55.3 Å². The summed E-state index contributed by atoms with van der Waals surface area (Å²) in [6.07, 6.45) is 3.02. The lowest BCUT2D eigenvalue weighted by Crippen LogP contribution is -2.41. The number of amides is 3. The molecule has 0 saturated heterocycles. The SMILES string of the molecule is COc1ccc(/C=C/C(=O)NC(C)C(=O)Nc2cc(NC(C)=O)ccc2C)cc1. The van der Waals surface area contributed by atoms with Crippen LogP contribution < -0.4 is 20.7 Å². The van der Waals surface area contributed by atoms with Gasteiger partial charge in [-0.3, -0.25) is 14.4 Å². The molecule has 3 amide bonds. The first-order chi connectivity index (χ1) is 13.8. The number of benzene rings is 2. The molecule has 0 heterocycles. The largest absolute Gasteiger partial charge is 0.497 e. The highest BCUT2D eigenvalue weighted by Gasteiger charge is 2.15. The molecule has 2 rings (SSSR count). The predicted molar refractivity (Wildman–Crippen MR) is 114 cm³/mol. The highest BCUT2D eigenvalue weighted by molar-refractivity contribution is 6.00. The standard InChI is InChI=1S/C22H25N3O4/c1-14-5-9-18(24-16(3)26)13-20(14)25-22(28)15(2)23-21(27)12-8-17-6-10-19(29-4)11-7-17/h5-13,15H,1-4H3,(H,23,27)(H,24,26)(H,25,28)/b12-8+. The van der Waals surface area contributed by atoms with Gasteiger partial charge in [0.05, 0.1) is 7.11 Å². The van der Waals surface area contributed by atoms with Gasteiger partial charge in [0.15, 0.2) is 0 Å². The van der Waals surface area contributed by atoms with Gasteiger partial charge in [-0.2, -0.15) is 0 Å². The van der Waals surface area contributed by atoms with E-state index in [9.17, 15) is 14.4 Å².